The van der Waals surface area contributed by atoms with Crippen molar-refractivity contribution in [3.05, 3.63) is 23.8 Å². The number of nitrogens with zero attached hydrogens (tertiary/aromatic N) is 1. The highest BCUT2D eigenvalue weighted by atomic mass is 35.5. The van der Waals surface area contributed by atoms with Gasteiger partial charge in [0, 0.05) is 17.9 Å². The Morgan fingerprint density at radius 2 is 2.06 bits per heavy atom. The van der Waals surface area contributed by atoms with E-state index in [4.69, 9.17) is 11.5 Å². The first-order valence-electron chi connectivity index (χ1n) is 5.12. The quantitative estimate of drug-likeness (QED) is 0.762. The smallest absolute Gasteiger partial charge is 0.240 e. The van der Waals surface area contributed by atoms with E-state index >= 15 is 0 Å². The number of carbonyl (C=O) groups excluding carboxylic acids is 1. The average Bonchev–Trinajstić information content (AvgIpc) is 2.28. The van der Waals surface area contributed by atoms with Crippen LogP contribution in [-0.4, -0.2) is 19.0 Å². The Labute approximate surface area is 113 Å². The third-order valence-corrected chi connectivity index (χ3v) is 2.76. The zero-order valence-corrected chi connectivity index (χ0v) is 11.0. The fourth-order valence-electron chi connectivity index (χ4n) is 2.02. The lowest BCUT2D eigenvalue weighted by atomic mass is 10.00. The van der Waals surface area contributed by atoms with Crippen LogP contribution in [0, 0.1) is 0 Å². The zero-order valence-electron chi connectivity index (χ0n) is 9.39. The van der Waals surface area contributed by atoms with Crippen LogP contribution in [0.25, 0.3) is 0 Å². The van der Waals surface area contributed by atoms with Gasteiger partial charge in [-0.15, -0.1) is 24.8 Å². The highest BCUT2D eigenvalue weighted by Gasteiger charge is 2.22. The number of nitrogens with two attached hydrogens (primary N) is 2. The molecular formula is C11H17Cl2N3O. The number of fused-ring (bicyclic) bond motifs is 1. The highest BCUT2D eigenvalue weighted by Crippen LogP contribution is 2.30. The van der Waals surface area contributed by atoms with Crippen molar-refractivity contribution in [2.45, 2.75) is 12.8 Å². The summed E-state index contributed by atoms with van der Waals surface area (Å²) in [5.74, 6) is -0.0402. The van der Waals surface area contributed by atoms with Crippen LogP contribution in [0.15, 0.2) is 18.2 Å². The molecule has 1 amide bonds. The molecule has 6 heteroatoms. The molecule has 0 aromatic heterocycles. The monoisotopic (exact) mass is 277 g/mol. The van der Waals surface area contributed by atoms with Crippen LogP contribution in [0.2, 0.25) is 0 Å². The number of anilines is 2. The van der Waals surface area contributed by atoms with E-state index in [9.17, 15) is 4.79 Å². The molecule has 0 aliphatic carbocycles. The Kier molecular flexibility index (Phi) is 6.31. The lowest BCUT2D eigenvalue weighted by Crippen LogP contribution is -2.39. The summed E-state index contributed by atoms with van der Waals surface area (Å²) in [5, 5.41) is 0. The molecule has 1 aromatic rings. The van der Waals surface area contributed by atoms with Crippen molar-refractivity contribution >= 4 is 42.1 Å². The SMILES string of the molecule is Cl.Cl.NCC(=O)N1CCCc2c(N)cccc21. The van der Waals surface area contributed by atoms with Crippen LogP contribution in [0.3, 0.4) is 0 Å². The summed E-state index contributed by atoms with van der Waals surface area (Å²) < 4.78 is 0. The molecule has 0 bridgehead atoms. The second kappa shape index (κ2) is 6.69. The molecule has 0 unspecified atom stereocenters. The van der Waals surface area contributed by atoms with E-state index in [2.05, 4.69) is 0 Å². The molecule has 2 rings (SSSR count). The first kappa shape index (κ1) is 16.0. The predicted molar refractivity (Wildman–Crippen MR) is 75.1 cm³/mol. The van der Waals surface area contributed by atoms with Crippen molar-refractivity contribution in [1.29, 1.82) is 0 Å². The molecule has 0 saturated carbocycles. The minimum atomic E-state index is -0.0402. The molecule has 0 radical (unpaired) electrons. The van der Waals surface area contributed by atoms with Crippen molar-refractivity contribution in [2.24, 2.45) is 5.73 Å². The molecule has 0 spiro atoms. The molecule has 0 saturated heterocycles. The van der Waals surface area contributed by atoms with Crippen LogP contribution in [-0.2, 0) is 11.2 Å². The van der Waals surface area contributed by atoms with Crippen molar-refractivity contribution in [3.8, 4) is 0 Å². The minimum absolute atomic E-state index is 0. The highest BCUT2D eigenvalue weighted by molar-refractivity contribution is 5.96. The number of hydrogen-bond donors (Lipinski definition) is 2. The van der Waals surface area contributed by atoms with Gasteiger partial charge in [0.05, 0.1) is 6.54 Å². The predicted octanol–water partition coefficient (Wildman–Crippen LogP) is 1.35. The van der Waals surface area contributed by atoms with E-state index in [0.29, 0.717) is 0 Å². The van der Waals surface area contributed by atoms with Gasteiger partial charge in [-0.1, -0.05) is 6.07 Å². The molecule has 96 valence electrons. The molecule has 0 fully saturated rings. The summed E-state index contributed by atoms with van der Waals surface area (Å²) in [5.41, 5.74) is 14.0. The molecule has 1 aliphatic heterocycles. The van der Waals surface area contributed by atoms with E-state index in [0.717, 1.165) is 36.3 Å². The van der Waals surface area contributed by atoms with Gasteiger partial charge in [-0.3, -0.25) is 4.79 Å². The first-order valence-corrected chi connectivity index (χ1v) is 5.12. The van der Waals surface area contributed by atoms with Gasteiger partial charge in [0.2, 0.25) is 5.91 Å². The second-order valence-corrected chi connectivity index (χ2v) is 3.70. The third-order valence-electron chi connectivity index (χ3n) is 2.76. The molecule has 1 heterocycles. The van der Waals surface area contributed by atoms with Crippen LogP contribution >= 0.6 is 24.8 Å². The van der Waals surface area contributed by atoms with Gasteiger partial charge < -0.3 is 16.4 Å². The van der Waals surface area contributed by atoms with Crippen LogP contribution in [0.5, 0.6) is 0 Å². The van der Waals surface area contributed by atoms with Crippen LogP contribution < -0.4 is 16.4 Å². The van der Waals surface area contributed by atoms with Gasteiger partial charge in [-0.25, -0.2) is 0 Å². The number of nitrogen functional groups attached to an aromatic ring is 1. The number of hydrogen-bond acceptors (Lipinski definition) is 3. The Morgan fingerprint density at radius 3 is 2.71 bits per heavy atom. The second-order valence-electron chi connectivity index (χ2n) is 3.70. The number of carbonyl (C=O) groups is 1. The number of rotatable bonds is 1. The fraction of sp³-hybridized carbons (Fsp3) is 0.364. The zero-order chi connectivity index (χ0) is 10.8. The summed E-state index contributed by atoms with van der Waals surface area (Å²) >= 11 is 0. The van der Waals surface area contributed by atoms with Gasteiger partial charge in [0.15, 0.2) is 0 Å². The molecule has 4 nitrogen and oxygen atoms in total. The summed E-state index contributed by atoms with van der Waals surface area (Å²) in [6, 6.07) is 5.67. The van der Waals surface area contributed by atoms with Gasteiger partial charge in [-0.2, -0.15) is 0 Å². The van der Waals surface area contributed by atoms with Crippen LogP contribution in [0.4, 0.5) is 11.4 Å². The largest absolute Gasteiger partial charge is 0.398 e. The van der Waals surface area contributed by atoms with E-state index in [1.807, 2.05) is 18.2 Å². The maximum absolute atomic E-state index is 11.6. The van der Waals surface area contributed by atoms with E-state index in [-0.39, 0.29) is 37.3 Å². The summed E-state index contributed by atoms with van der Waals surface area (Å²) in [6.07, 6.45) is 1.89. The number of halogens is 2. The number of amides is 1. The molecule has 4 N–H and O–H groups in total. The van der Waals surface area contributed by atoms with Crippen molar-refractivity contribution < 1.29 is 4.79 Å². The van der Waals surface area contributed by atoms with Gasteiger partial charge >= 0.3 is 0 Å². The molecule has 1 aliphatic rings. The average molecular weight is 278 g/mol. The third kappa shape index (κ3) is 3.03. The number of benzene rings is 1. The van der Waals surface area contributed by atoms with Gasteiger partial charge in [-0.05, 0) is 30.5 Å². The molecule has 1 aromatic carbocycles. The summed E-state index contributed by atoms with van der Waals surface area (Å²) in [7, 11) is 0. The maximum Gasteiger partial charge on any atom is 0.240 e. The minimum Gasteiger partial charge on any atom is -0.398 e. The standard InChI is InChI=1S/C11H15N3O.2ClH/c12-7-11(15)14-6-2-3-8-9(13)4-1-5-10(8)14;;/h1,4-5H,2-3,6-7,12-13H2;2*1H. The van der Waals surface area contributed by atoms with E-state index in [1.54, 1.807) is 4.90 Å². The first-order chi connectivity index (χ1) is 7.24. The Balaban J connectivity index is 0.00000128. The van der Waals surface area contributed by atoms with Gasteiger partial charge in [0.1, 0.15) is 0 Å². The molecular weight excluding hydrogens is 261 g/mol. The summed E-state index contributed by atoms with van der Waals surface area (Å²) in [4.78, 5) is 13.3. The lowest BCUT2D eigenvalue weighted by Gasteiger charge is -2.29. The maximum atomic E-state index is 11.6. The van der Waals surface area contributed by atoms with Crippen molar-refractivity contribution in [1.82, 2.24) is 0 Å². The Morgan fingerprint density at radius 1 is 1.35 bits per heavy atom. The van der Waals surface area contributed by atoms with Crippen LogP contribution in [0.1, 0.15) is 12.0 Å². The summed E-state index contributed by atoms with van der Waals surface area (Å²) in [6.45, 7) is 0.792. The topological polar surface area (TPSA) is 72.4 Å². The fourth-order valence-corrected chi connectivity index (χ4v) is 2.02. The van der Waals surface area contributed by atoms with E-state index in [1.165, 1.54) is 0 Å². The van der Waals surface area contributed by atoms with E-state index < -0.39 is 0 Å². The van der Waals surface area contributed by atoms with Crippen molar-refractivity contribution in [3.63, 3.8) is 0 Å². The lowest BCUT2D eigenvalue weighted by molar-refractivity contribution is -0.117. The normalized spacial score (nSPS) is 13.1. The Hall–Kier alpha value is -0.970. The molecule has 17 heavy (non-hydrogen) atoms. The Bertz CT molecular complexity index is 398. The van der Waals surface area contributed by atoms with Crippen molar-refractivity contribution in [2.75, 3.05) is 23.7 Å². The van der Waals surface area contributed by atoms with Gasteiger partial charge in [0.25, 0.3) is 0 Å². The molecule has 0 atom stereocenters.